The molecule has 102 valence electrons. The highest BCUT2D eigenvalue weighted by atomic mass is 19.1. The highest BCUT2D eigenvalue weighted by Gasteiger charge is 2.37. The molecule has 1 heterocycles. The number of anilines is 1. The summed E-state index contributed by atoms with van der Waals surface area (Å²) in [5.74, 6) is -2.53. The molecule has 19 heavy (non-hydrogen) atoms. The van der Waals surface area contributed by atoms with Crippen LogP contribution in [0.25, 0.3) is 0 Å². The fourth-order valence-electron chi connectivity index (χ4n) is 2.07. The van der Waals surface area contributed by atoms with Crippen LogP contribution in [0.5, 0.6) is 0 Å². The lowest BCUT2D eigenvalue weighted by molar-refractivity contribution is -0.144. The van der Waals surface area contributed by atoms with Gasteiger partial charge in [0.15, 0.2) is 0 Å². The van der Waals surface area contributed by atoms with Gasteiger partial charge in [0.05, 0.1) is 11.5 Å². The quantitative estimate of drug-likeness (QED) is 0.805. The van der Waals surface area contributed by atoms with Crippen molar-refractivity contribution >= 4 is 17.6 Å². The van der Waals surface area contributed by atoms with Crippen LogP contribution in [-0.2, 0) is 4.79 Å². The summed E-state index contributed by atoms with van der Waals surface area (Å²) in [5.41, 5.74) is 5.64. The van der Waals surface area contributed by atoms with Crippen molar-refractivity contribution in [3.05, 3.63) is 29.6 Å². The van der Waals surface area contributed by atoms with Gasteiger partial charge in [0.1, 0.15) is 5.82 Å². The smallest absolute Gasteiger partial charge is 0.306 e. The molecular formula is C13H15FN2O3. The molecule has 0 aliphatic carbocycles. The van der Waals surface area contributed by atoms with E-state index in [0.29, 0.717) is 13.1 Å². The number of hydrogen-bond acceptors (Lipinski definition) is 3. The van der Waals surface area contributed by atoms with Crippen molar-refractivity contribution in [2.75, 3.05) is 18.8 Å². The van der Waals surface area contributed by atoms with Gasteiger partial charge in [0.2, 0.25) is 0 Å². The Balaban J connectivity index is 2.02. The van der Waals surface area contributed by atoms with E-state index in [1.54, 1.807) is 6.92 Å². The monoisotopic (exact) mass is 266 g/mol. The number of amides is 1. The van der Waals surface area contributed by atoms with E-state index >= 15 is 0 Å². The van der Waals surface area contributed by atoms with E-state index in [9.17, 15) is 14.0 Å². The van der Waals surface area contributed by atoms with Gasteiger partial charge in [-0.1, -0.05) is 6.92 Å². The lowest BCUT2D eigenvalue weighted by Gasteiger charge is -2.41. The number of rotatable bonds is 3. The summed E-state index contributed by atoms with van der Waals surface area (Å²) in [7, 11) is 0. The van der Waals surface area contributed by atoms with Crippen LogP contribution in [0.15, 0.2) is 18.2 Å². The Hall–Kier alpha value is -2.11. The fraction of sp³-hybridized carbons (Fsp3) is 0.385. The zero-order valence-electron chi connectivity index (χ0n) is 10.5. The Kier molecular flexibility index (Phi) is 3.42. The first-order valence-electron chi connectivity index (χ1n) is 5.97. The summed E-state index contributed by atoms with van der Waals surface area (Å²) in [6.45, 7) is 2.30. The first kappa shape index (κ1) is 13.3. The van der Waals surface area contributed by atoms with Crippen LogP contribution in [0.1, 0.15) is 17.3 Å². The largest absolute Gasteiger partial charge is 0.481 e. The minimum atomic E-state index is -0.879. The first-order valence-corrected chi connectivity index (χ1v) is 5.97. The van der Waals surface area contributed by atoms with Crippen molar-refractivity contribution in [2.24, 2.45) is 11.8 Å². The van der Waals surface area contributed by atoms with E-state index in [4.69, 9.17) is 10.8 Å². The van der Waals surface area contributed by atoms with Gasteiger partial charge in [0.25, 0.3) is 5.91 Å². The van der Waals surface area contributed by atoms with Gasteiger partial charge in [-0.05, 0) is 18.2 Å². The van der Waals surface area contributed by atoms with Crippen LogP contribution in [0.2, 0.25) is 0 Å². The number of hydrogen-bond donors (Lipinski definition) is 2. The number of halogens is 1. The number of likely N-dealkylation sites (tertiary alicyclic amines) is 1. The molecule has 1 aromatic carbocycles. The van der Waals surface area contributed by atoms with Crippen molar-refractivity contribution in [1.82, 2.24) is 4.90 Å². The molecule has 1 unspecified atom stereocenters. The minimum Gasteiger partial charge on any atom is -0.481 e. The highest BCUT2D eigenvalue weighted by molar-refractivity contribution is 5.95. The molecule has 1 saturated heterocycles. The van der Waals surface area contributed by atoms with E-state index < -0.39 is 23.6 Å². The fourth-order valence-corrected chi connectivity index (χ4v) is 2.07. The van der Waals surface area contributed by atoms with E-state index in [2.05, 4.69) is 0 Å². The first-order chi connectivity index (χ1) is 8.90. The zero-order valence-corrected chi connectivity index (χ0v) is 10.5. The number of carboxylic acids is 1. The Morgan fingerprint density at radius 3 is 2.63 bits per heavy atom. The second-order valence-corrected chi connectivity index (χ2v) is 4.84. The van der Waals surface area contributed by atoms with Gasteiger partial charge in [-0.15, -0.1) is 0 Å². The van der Waals surface area contributed by atoms with Gasteiger partial charge in [-0.25, -0.2) is 4.39 Å². The maximum Gasteiger partial charge on any atom is 0.306 e. The molecule has 0 saturated carbocycles. The maximum atomic E-state index is 13.6. The molecule has 5 nitrogen and oxygen atoms in total. The number of carboxylic acid groups (broad SMARTS) is 1. The summed E-state index contributed by atoms with van der Waals surface area (Å²) < 4.78 is 13.6. The van der Waals surface area contributed by atoms with E-state index in [1.165, 1.54) is 17.0 Å². The second kappa shape index (κ2) is 4.87. The Morgan fingerprint density at radius 2 is 2.11 bits per heavy atom. The number of nitrogens with two attached hydrogens (primary N) is 1. The molecule has 0 radical (unpaired) electrons. The number of nitrogens with zero attached hydrogens (tertiary/aromatic N) is 1. The summed E-state index contributed by atoms with van der Waals surface area (Å²) >= 11 is 0. The minimum absolute atomic E-state index is 0.0318. The topological polar surface area (TPSA) is 83.6 Å². The third-order valence-corrected chi connectivity index (χ3v) is 3.52. The Morgan fingerprint density at radius 1 is 1.47 bits per heavy atom. The van der Waals surface area contributed by atoms with Crippen LogP contribution in [0, 0.1) is 17.7 Å². The van der Waals surface area contributed by atoms with Crippen molar-refractivity contribution in [3.63, 3.8) is 0 Å². The summed E-state index contributed by atoms with van der Waals surface area (Å²) in [5, 5.41) is 8.86. The number of carbonyl (C=O) groups excluding carboxylic acids is 1. The predicted molar refractivity (Wildman–Crippen MR) is 67.0 cm³/mol. The molecule has 1 aromatic rings. The predicted octanol–water partition coefficient (Wildman–Crippen LogP) is 1.20. The molecule has 2 rings (SSSR count). The normalized spacial score (nSPS) is 16.8. The van der Waals surface area contributed by atoms with Gasteiger partial charge < -0.3 is 15.7 Å². The highest BCUT2D eigenvalue weighted by Crippen LogP contribution is 2.26. The van der Waals surface area contributed by atoms with Crippen molar-refractivity contribution in [3.8, 4) is 0 Å². The third-order valence-electron chi connectivity index (χ3n) is 3.52. The van der Waals surface area contributed by atoms with Crippen LogP contribution in [-0.4, -0.2) is 35.0 Å². The molecule has 0 bridgehead atoms. The van der Waals surface area contributed by atoms with Crippen LogP contribution >= 0.6 is 0 Å². The SMILES string of the molecule is CC(C(=O)O)C1CN(C(=O)c2ccc(N)cc2F)C1. The summed E-state index contributed by atoms with van der Waals surface area (Å²) in [4.78, 5) is 24.2. The summed E-state index contributed by atoms with van der Waals surface area (Å²) in [6.07, 6.45) is 0. The van der Waals surface area contributed by atoms with Gasteiger partial charge in [-0.2, -0.15) is 0 Å². The lowest BCUT2D eigenvalue weighted by atomic mass is 9.86. The van der Waals surface area contributed by atoms with Crippen LogP contribution in [0.3, 0.4) is 0 Å². The molecule has 1 aliphatic heterocycles. The number of aliphatic carboxylic acids is 1. The number of benzene rings is 1. The Labute approximate surface area is 109 Å². The number of carbonyl (C=O) groups is 2. The van der Waals surface area contributed by atoms with Crippen molar-refractivity contribution in [1.29, 1.82) is 0 Å². The van der Waals surface area contributed by atoms with Gasteiger partial charge in [0, 0.05) is 24.7 Å². The molecule has 0 spiro atoms. The molecule has 1 fully saturated rings. The van der Waals surface area contributed by atoms with Crippen LogP contribution in [0.4, 0.5) is 10.1 Å². The zero-order chi connectivity index (χ0) is 14.2. The van der Waals surface area contributed by atoms with Crippen LogP contribution < -0.4 is 5.73 Å². The Bertz CT molecular complexity index is 527. The molecule has 0 aromatic heterocycles. The van der Waals surface area contributed by atoms with E-state index in [-0.39, 0.29) is 17.2 Å². The average molecular weight is 266 g/mol. The van der Waals surface area contributed by atoms with Gasteiger partial charge >= 0.3 is 5.97 Å². The molecule has 6 heteroatoms. The molecule has 1 amide bonds. The van der Waals surface area contributed by atoms with Gasteiger partial charge in [-0.3, -0.25) is 9.59 Å². The molecule has 1 aliphatic rings. The standard InChI is InChI=1S/C13H15FN2O3/c1-7(13(18)19)8-5-16(6-8)12(17)10-3-2-9(15)4-11(10)14/h2-4,7-8H,5-6,15H2,1H3,(H,18,19). The number of nitrogen functional groups attached to an aromatic ring is 1. The average Bonchev–Trinajstić information content (AvgIpc) is 2.26. The van der Waals surface area contributed by atoms with Crippen molar-refractivity contribution in [2.45, 2.75) is 6.92 Å². The van der Waals surface area contributed by atoms with E-state index in [1.807, 2.05) is 0 Å². The lowest BCUT2D eigenvalue weighted by Crippen LogP contribution is -2.53. The summed E-state index contributed by atoms with van der Waals surface area (Å²) in [6, 6.07) is 3.92. The van der Waals surface area contributed by atoms with E-state index in [0.717, 1.165) is 6.07 Å². The molecular weight excluding hydrogens is 251 g/mol. The molecule has 3 N–H and O–H groups in total. The second-order valence-electron chi connectivity index (χ2n) is 4.84. The van der Waals surface area contributed by atoms with Crippen molar-refractivity contribution < 1.29 is 19.1 Å². The molecule has 1 atom stereocenters. The maximum absolute atomic E-state index is 13.6. The third kappa shape index (κ3) is 2.52.